The smallest absolute Gasteiger partial charge is 0.352 e. The molecule has 1 unspecified atom stereocenters. The second-order valence-electron chi connectivity index (χ2n) is 9.54. The summed E-state index contributed by atoms with van der Waals surface area (Å²) in [4.78, 5) is 52.3. The molecule has 2 heterocycles. The van der Waals surface area contributed by atoms with E-state index in [2.05, 4.69) is 16.7 Å². The van der Waals surface area contributed by atoms with E-state index in [1.54, 1.807) is 11.5 Å². The standard InChI is InChI=1S/C28H34N4O4S/c33-24(30-22-12-6-2-7-13-22)14-8-3-9-18-31-27(35)26-23(16-19-37-26)32(28(31)36)20-25(34)29-17-15-21-10-4-1-5-11-21/h2,6-7,10,12-13,16,19,26H,1,3-5,8-9,11,14-15,17-18,20H2,(H-,29,30,33,34)/p+1. The Hall–Kier alpha value is -3.20. The average molecular weight is 524 g/mol. The van der Waals surface area contributed by atoms with E-state index in [0.29, 0.717) is 37.9 Å². The maximum absolute atomic E-state index is 13.2. The molecule has 8 nitrogen and oxygen atoms in total. The van der Waals surface area contributed by atoms with Crippen LogP contribution in [0.15, 0.2) is 53.5 Å². The summed E-state index contributed by atoms with van der Waals surface area (Å²) in [7, 11) is 0. The van der Waals surface area contributed by atoms with E-state index in [9.17, 15) is 19.2 Å². The Bertz CT molecular complexity index is 1110. The molecule has 1 aromatic carbocycles. The first kappa shape index (κ1) is 26.9. The first-order valence-corrected chi connectivity index (χ1v) is 14.1. The highest BCUT2D eigenvalue weighted by molar-refractivity contribution is 8.04. The molecule has 1 aromatic rings. The van der Waals surface area contributed by atoms with E-state index in [-0.39, 0.29) is 30.8 Å². The number of rotatable bonds is 12. The monoisotopic (exact) mass is 523 g/mol. The van der Waals surface area contributed by atoms with Gasteiger partial charge in [0, 0.05) is 18.7 Å². The summed E-state index contributed by atoms with van der Waals surface area (Å²) in [6, 6.07) is 8.86. The molecule has 0 radical (unpaired) electrons. The van der Waals surface area contributed by atoms with Crippen molar-refractivity contribution in [2.75, 3.05) is 25.0 Å². The largest absolute Gasteiger partial charge is 0.501 e. The lowest BCUT2D eigenvalue weighted by Gasteiger charge is -2.24. The number of nitrogens with zero attached hydrogens (tertiary/aromatic N) is 2. The van der Waals surface area contributed by atoms with E-state index < -0.39 is 11.3 Å². The molecule has 3 aliphatic rings. The number of imide groups is 1. The van der Waals surface area contributed by atoms with Crippen LogP contribution in [0.1, 0.15) is 57.8 Å². The van der Waals surface area contributed by atoms with Gasteiger partial charge < -0.3 is 10.6 Å². The second kappa shape index (κ2) is 13.4. The molecule has 1 atom stereocenters. The van der Waals surface area contributed by atoms with E-state index in [1.807, 2.05) is 30.3 Å². The molecule has 0 spiro atoms. The molecule has 0 saturated heterocycles. The van der Waals surface area contributed by atoms with Crippen LogP contribution in [0.25, 0.3) is 0 Å². The van der Waals surface area contributed by atoms with Gasteiger partial charge in [-0.1, -0.05) is 29.8 Å². The van der Waals surface area contributed by atoms with Crippen LogP contribution in [0.2, 0.25) is 0 Å². The number of hydrogen-bond donors (Lipinski definition) is 2. The predicted molar refractivity (Wildman–Crippen MR) is 145 cm³/mol. The Labute approximate surface area is 222 Å². The summed E-state index contributed by atoms with van der Waals surface area (Å²) in [5.41, 5.74) is 2.74. The minimum Gasteiger partial charge on any atom is -0.352 e. The molecule has 5 amide bonds. The Kier molecular flexibility index (Phi) is 9.71. The maximum Gasteiger partial charge on any atom is 0.501 e. The van der Waals surface area contributed by atoms with Crippen molar-refractivity contribution in [3.63, 3.8) is 0 Å². The van der Waals surface area contributed by atoms with Gasteiger partial charge in [-0.15, -0.1) is 11.8 Å². The van der Waals surface area contributed by atoms with Crippen molar-refractivity contribution in [3.8, 4) is 0 Å². The van der Waals surface area contributed by atoms with Gasteiger partial charge in [-0.25, -0.2) is 4.79 Å². The lowest BCUT2D eigenvalue weighted by molar-refractivity contribution is -0.426. The number of anilines is 1. The molecule has 4 rings (SSSR count). The fraction of sp³-hybridized carbons (Fsp3) is 0.464. The zero-order valence-electron chi connectivity index (χ0n) is 21.1. The van der Waals surface area contributed by atoms with Gasteiger partial charge in [-0.05, 0) is 75.0 Å². The van der Waals surface area contributed by atoms with Crippen LogP contribution in [-0.2, 0) is 14.4 Å². The molecule has 1 aliphatic carbocycles. The Morgan fingerprint density at radius 2 is 1.89 bits per heavy atom. The minimum atomic E-state index is -0.491. The van der Waals surface area contributed by atoms with Crippen LogP contribution in [-0.4, -0.2) is 63.8 Å². The molecule has 9 heteroatoms. The number of carbonyl (C=O) groups excluding carboxylic acids is 4. The van der Waals surface area contributed by atoms with Crippen LogP contribution in [0.3, 0.4) is 0 Å². The van der Waals surface area contributed by atoms with Crippen LogP contribution in [0, 0.1) is 0 Å². The van der Waals surface area contributed by atoms with Crippen LogP contribution < -0.4 is 10.6 Å². The summed E-state index contributed by atoms with van der Waals surface area (Å²) in [6.07, 6.45) is 11.9. The number of urea groups is 1. The zero-order valence-corrected chi connectivity index (χ0v) is 21.9. The number of amides is 5. The van der Waals surface area contributed by atoms with Crippen molar-refractivity contribution < 1.29 is 23.8 Å². The number of fused-ring (bicyclic) bond motifs is 1. The highest BCUT2D eigenvalue weighted by Crippen LogP contribution is 2.28. The molecule has 0 aromatic heterocycles. The third kappa shape index (κ3) is 7.41. The lowest BCUT2D eigenvalue weighted by Crippen LogP contribution is -2.56. The van der Waals surface area contributed by atoms with Gasteiger partial charge in [0.25, 0.3) is 5.91 Å². The molecule has 2 N–H and O–H groups in total. The van der Waals surface area contributed by atoms with E-state index >= 15 is 0 Å². The second-order valence-corrected chi connectivity index (χ2v) is 10.6. The number of carbonyl (C=O) groups is 4. The van der Waals surface area contributed by atoms with Crippen molar-refractivity contribution in [1.82, 2.24) is 10.2 Å². The van der Waals surface area contributed by atoms with Gasteiger partial charge >= 0.3 is 11.9 Å². The van der Waals surface area contributed by atoms with Crippen molar-refractivity contribution in [2.45, 2.75) is 63.0 Å². The number of thioether (sulfide) groups is 1. The van der Waals surface area contributed by atoms with E-state index in [4.69, 9.17) is 0 Å². The first-order valence-electron chi connectivity index (χ1n) is 13.1. The molecule has 0 saturated carbocycles. The third-order valence-electron chi connectivity index (χ3n) is 6.78. The minimum absolute atomic E-state index is 0.0547. The van der Waals surface area contributed by atoms with Crippen LogP contribution >= 0.6 is 11.8 Å². The molecule has 2 aliphatic heterocycles. The fourth-order valence-electron chi connectivity index (χ4n) is 4.79. The SMILES string of the molecule is O=C(C[N+]1=C2C=CSC2C(=O)N(CCCCCC(=O)Nc2ccccc2)C1=O)NCCC1=CCCCC1. The van der Waals surface area contributed by atoms with E-state index in [1.165, 1.54) is 39.7 Å². The van der Waals surface area contributed by atoms with Crippen molar-refractivity contribution in [1.29, 1.82) is 0 Å². The van der Waals surface area contributed by atoms with Gasteiger partial charge in [0.05, 0.1) is 6.54 Å². The molecular weight excluding hydrogens is 488 g/mol. The van der Waals surface area contributed by atoms with Gasteiger partial charge in [-0.2, -0.15) is 14.3 Å². The molecular formula is C28H35N4O4S+. The van der Waals surface area contributed by atoms with E-state index in [0.717, 1.165) is 24.9 Å². The number of nitrogens with one attached hydrogen (secondary N) is 2. The van der Waals surface area contributed by atoms with Gasteiger partial charge in [0.15, 0.2) is 11.8 Å². The van der Waals surface area contributed by atoms with Crippen molar-refractivity contribution in [2.24, 2.45) is 0 Å². The topological polar surface area (TPSA) is 98.6 Å². The number of para-hydroxylation sites is 1. The fourth-order valence-corrected chi connectivity index (χ4v) is 5.75. The van der Waals surface area contributed by atoms with Crippen LogP contribution in [0.5, 0.6) is 0 Å². The highest BCUT2D eigenvalue weighted by Gasteiger charge is 2.49. The average Bonchev–Trinajstić information content (AvgIpc) is 3.40. The summed E-state index contributed by atoms with van der Waals surface area (Å²) < 4.78 is 1.44. The van der Waals surface area contributed by atoms with Crippen LogP contribution in [0.4, 0.5) is 10.5 Å². The van der Waals surface area contributed by atoms with Gasteiger partial charge in [-0.3, -0.25) is 9.59 Å². The quantitative estimate of drug-likeness (QED) is 0.243. The molecule has 0 fully saturated rings. The normalized spacial score (nSPS) is 19.1. The number of hydrogen-bond acceptors (Lipinski definition) is 5. The molecule has 0 bridgehead atoms. The zero-order chi connectivity index (χ0) is 26.0. The highest BCUT2D eigenvalue weighted by atomic mass is 32.2. The third-order valence-corrected chi connectivity index (χ3v) is 7.79. The molecule has 37 heavy (non-hydrogen) atoms. The van der Waals surface area contributed by atoms with Crippen molar-refractivity contribution in [3.05, 3.63) is 53.5 Å². The Balaban J connectivity index is 1.24. The van der Waals surface area contributed by atoms with Gasteiger partial charge in [0.2, 0.25) is 5.91 Å². The maximum atomic E-state index is 13.2. The number of allylic oxidation sites excluding steroid dienone is 2. The summed E-state index contributed by atoms with van der Waals surface area (Å²) in [5.74, 6) is -0.515. The Morgan fingerprint density at radius 1 is 1.05 bits per heavy atom. The summed E-state index contributed by atoms with van der Waals surface area (Å²) in [6.45, 7) is 0.725. The van der Waals surface area contributed by atoms with Gasteiger partial charge in [0.1, 0.15) is 5.71 Å². The summed E-state index contributed by atoms with van der Waals surface area (Å²) in [5, 5.41) is 7.11. The number of unbranched alkanes of at least 4 members (excludes halogenated alkanes) is 2. The summed E-state index contributed by atoms with van der Waals surface area (Å²) >= 11 is 1.36. The first-order chi connectivity index (χ1) is 18.0. The number of benzene rings is 1. The Morgan fingerprint density at radius 3 is 2.68 bits per heavy atom. The van der Waals surface area contributed by atoms with Crippen molar-refractivity contribution >= 4 is 46.9 Å². The lowest BCUT2D eigenvalue weighted by atomic mass is 9.97. The predicted octanol–water partition coefficient (Wildman–Crippen LogP) is 4.24. The molecule has 196 valence electrons.